The third-order valence-electron chi connectivity index (χ3n) is 5.24. The molecule has 0 saturated carbocycles. The Bertz CT molecular complexity index is 784. The van der Waals surface area contributed by atoms with Crippen molar-refractivity contribution in [3.05, 3.63) is 52.7 Å². The van der Waals surface area contributed by atoms with Gasteiger partial charge in [0.05, 0.1) is 19.6 Å². The fourth-order valence-corrected chi connectivity index (χ4v) is 3.75. The molecular formula is C20H24FN3O3. The van der Waals surface area contributed by atoms with Gasteiger partial charge in [-0.15, -0.1) is 0 Å². The zero-order chi connectivity index (χ0) is 18.6. The van der Waals surface area contributed by atoms with E-state index >= 15 is 0 Å². The van der Waals surface area contributed by atoms with Crippen molar-refractivity contribution in [2.45, 2.75) is 38.3 Å². The normalized spacial score (nSPS) is 20.3. The van der Waals surface area contributed by atoms with Crippen LogP contribution in [0.3, 0.4) is 0 Å². The smallest absolute Gasteiger partial charge is 0.224 e. The van der Waals surface area contributed by atoms with Crippen LogP contribution >= 0.6 is 0 Å². The molecule has 1 unspecified atom stereocenters. The minimum atomic E-state index is -0.292. The van der Waals surface area contributed by atoms with E-state index in [0.717, 1.165) is 74.7 Å². The summed E-state index contributed by atoms with van der Waals surface area (Å²) in [5, 5.41) is 7.38. The van der Waals surface area contributed by atoms with E-state index in [1.54, 1.807) is 12.1 Å². The standard InChI is InChI=1S/C20H24FN3O3/c21-15-3-1-14(2-4-15)11-20(25)22-16-5-6-19-17(12-16)18(23-27-19)13-24-7-9-26-10-8-24/h1-4,16H,5-13H2,(H,22,25). The zero-order valence-corrected chi connectivity index (χ0v) is 15.2. The lowest BCUT2D eigenvalue weighted by atomic mass is 9.91. The van der Waals surface area contributed by atoms with Gasteiger partial charge < -0.3 is 14.6 Å². The van der Waals surface area contributed by atoms with Gasteiger partial charge in [0.1, 0.15) is 17.3 Å². The first kappa shape index (κ1) is 18.1. The molecule has 2 heterocycles. The van der Waals surface area contributed by atoms with Crippen LogP contribution in [0.2, 0.25) is 0 Å². The van der Waals surface area contributed by atoms with Crippen molar-refractivity contribution in [3.8, 4) is 0 Å². The molecule has 1 aromatic carbocycles. The van der Waals surface area contributed by atoms with Crippen LogP contribution in [0, 0.1) is 5.82 Å². The van der Waals surface area contributed by atoms with E-state index in [2.05, 4.69) is 15.4 Å². The Balaban J connectivity index is 1.35. The number of hydrogen-bond acceptors (Lipinski definition) is 5. The molecule has 7 heteroatoms. The summed E-state index contributed by atoms with van der Waals surface area (Å²) in [5.74, 6) is 0.614. The average molecular weight is 373 g/mol. The number of nitrogens with one attached hydrogen (secondary N) is 1. The van der Waals surface area contributed by atoms with Gasteiger partial charge in [0.25, 0.3) is 0 Å². The molecule has 1 aliphatic carbocycles. The van der Waals surface area contributed by atoms with Crippen LogP contribution in [-0.2, 0) is 35.3 Å². The quantitative estimate of drug-likeness (QED) is 0.867. The maximum atomic E-state index is 13.0. The Morgan fingerprint density at radius 2 is 2.04 bits per heavy atom. The first-order valence-corrected chi connectivity index (χ1v) is 9.47. The lowest BCUT2D eigenvalue weighted by Crippen LogP contribution is -2.40. The molecule has 2 aromatic rings. The molecule has 0 bridgehead atoms. The molecule has 1 saturated heterocycles. The lowest BCUT2D eigenvalue weighted by molar-refractivity contribution is -0.121. The number of carbonyl (C=O) groups is 1. The van der Waals surface area contributed by atoms with Crippen molar-refractivity contribution in [2.24, 2.45) is 0 Å². The number of ether oxygens (including phenoxy) is 1. The second kappa shape index (κ2) is 8.19. The molecule has 1 N–H and O–H groups in total. The lowest BCUT2D eigenvalue weighted by Gasteiger charge is -2.27. The third kappa shape index (κ3) is 4.54. The number of aromatic nitrogens is 1. The molecule has 144 valence electrons. The van der Waals surface area contributed by atoms with E-state index in [-0.39, 0.29) is 24.2 Å². The van der Waals surface area contributed by atoms with Crippen molar-refractivity contribution >= 4 is 5.91 Å². The maximum Gasteiger partial charge on any atom is 0.224 e. The molecule has 0 spiro atoms. The van der Waals surface area contributed by atoms with Gasteiger partial charge in [-0.3, -0.25) is 9.69 Å². The molecule has 1 fully saturated rings. The second-order valence-corrected chi connectivity index (χ2v) is 7.23. The molecule has 1 amide bonds. The van der Waals surface area contributed by atoms with Crippen molar-refractivity contribution in [1.29, 1.82) is 0 Å². The second-order valence-electron chi connectivity index (χ2n) is 7.23. The Hall–Kier alpha value is -2.25. The SMILES string of the molecule is O=C(Cc1ccc(F)cc1)NC1CCc2onc(CN3CCOCC3)c2C1. The first-order valence-electron chi connectivity index (χ1n) is 9.47. The van der Waals surface area contributed by atoms with E-state index < -0.39 is 0 Å². The summed E-state index contributed by atoms with van der Waals surface area (Å²) in [7, 11) is 0. The minimum Gasteiger partial charge on any atom is -0.379 e. The summed E-state index contributed by atoms with van der Waals surface area (Å²) in [6.07, 6.45) is 2.63. The first-order chi connectivity index (χ1) is 13.2. The predicted octanol–water partition coefficient (Wildman–Crippen LogP) is 1.86. The molecule has 1 atom stereocenters. The minimum absolute atomic E-state index is 0.0405. The molecule has 6 nitrogen and oxygen atoms in total. The number of hydrogen-bond donors (Lipinski definition) is 1. The Morgan fingerprint density at radius 1 is 1.26 bits per heavy atom. The number of halogens is 1. The van der Waals surface area contributed by atoms with Gasteiger partial charge in [0.15, 0.2) is 0 Å². The van der Waals surface area contributed by atoms with Crippen LogP contribution in [-0.4, -0.2) is 48.3 Å². The van der Waals surface area contributed by atoms with Gasteiger partial charge in [-0.25, -0.2) is 4.39 Å². The predicted molar refractivity (Wildman–Crippen MR) is 96.7 cm³/mol. The highest BCUT2D eigenvalue weighted by atomic mass is 19.1. The molecular weight excluding hydrogens is 349 g/mol. The van der Waals surface area contributed by atoms with Gasteiger partial charge in [-0.2, -0.15) is 0 Å². The van der Waals surface area contributed by atoms with E-state index in [0.29, 0.717) is 0 Å². The topological polar surface area (TPSA) is 67.6 Å². The third-order valence-corrected chi connectivity index (χ3v) is 5.24. The number of rotatable bonds is 5. The van der Waals surface area contributed by atoms with Crippen LogP contribution in [0.25, 0.3) is 0 Å². The van der Waals surface area contributed by atoms with Gasteiger partial charge in [0, 0.05) is 37.7 Å². The Labute approximate surface area is 157 Å². The number of benzene rings is 1. The van der Waals surface area contributed by atoms with Crippen LogP contribution in [0.4, 0.5) is 4.39 Å². The van der Waals surface area contributed by atoms with Gasteiger partial charge in [-0.1, -0.05) is 17.3 Å². The van der Waals surface area contributed by atoms with Crippen molar-refractivity contribution in [3.63, 3.8) is 0 Å². The summed E-state index contributed by atoms with van der Waals surface area (Å²) in [5.41, 5.74) is 2.92. The van der Waals surface area contributed by atoms with E-state index in [9.17, 15) is 9.18 Å². The van der Waals surface area contributed by atoms with E-state index in [4.69, 9.17) is 9.26 Å². The van der Waals surface area contributed by atoms with Crippen LogP contribution in [0.5, 0.6) is 0 Å². The largest absolute Gasteiger partial charge is 0.379 e. The van der Waals surface area contributed by atoms with Gasteiger partial charge in [-0.05, 0) is 30.5 Å². The molecule has 0 radical (unpaired) electrons. The highest BCUT2D eigenvalue weighted by molar-refractivity contribution is 5.78. The van der Waals surface area contributed by atoms with E-state index in [1.165, 1.54) is 12.1 Å². The zero-order valence-electron chi connectivity index (χ0n) is 15.2. The summed E-state index contributed by atoms with van der Waals surface area (Å²) >= 11 is 0. The fraction of sp³-hybridized carbons (Fsp3) is 0.500. The number of fused-ring (bicyclic) bond motifs is 1. The van der Waals surface area contributed by atoms with Crippen LogP contribution < -0.4 is 5.32 Å². The van der Waals surface area contributed by atoms with Crippen LogP contribution in [0.1, 0.15) is 29.0 Å². The Morgan fingerprint density at radius 3 is 2.81 bits per heavy atom. The van der Waals surface area contributed by atoms with Crippen molar-refractivity contribution in [1.82, 2.24) is 15.4 Å². The maximum absolute atomic E-state index is 13.0. The molecule has 1 aromatic heterocycles. The summed E-state index contributed by atoms with van der Waals surface area (Å²) in [4.78, 5) is 14.7. The number of amides is 1. The Kier molecular flexibility index (Phi) is 5.50. The van der Waals surface area contributed by atoms with Gasteiger partial charge in [0.2, 0.25) is 5.91 Å². The number of carbonyl (C=O) groups excluding carboxylic acids is 1. The monoisotopic (exact) mass is 373 g/mol. The fourth-order valence-electron chi connectivity index (χ4n) is 3.75. The van der Waals surface area contributed by atoms with Crippen molar-refractivity contribution < 1.29 is 18.4 Å². The number of aryl methyl sites for hydroxylation is 1. The molecule has 27 heavy (non-hydrogen) atoms. The average Bonchev–Trinajstić information content (AvgIpc) is 3.07. The molecule has 4 rings (SSSR count). The highest BCUT2D eigenvalue weighted by Gasteiger charge is 2.27. The number of morpholine rings is 1. The van der Waals surface area contributed by atoms with Gasteiger partial charge >= 0.3 is 0 Å². The highest BCUT2D eigenvalue weighted by Crippen LogP contribution is 2.26. The van der Waals surface area contributed by atoms with E-state index in [1.807, 2.05) is 0 Å². The molecule has 1 aliphatic heterocycles. The molecule has 2 aliphatic rings. The van der Waals surface area contributed by atoms with Crippen molar-refractivity contribution in [2.75, 3.05) is 26.3 Å². The summed E-state index contributed by atoms with van der Waals surface area (Å²) < 4.78 is 23.9. The summed E-state index contributed by atoms with van der Waals surface area (Å²) in [6.45, 7) is 4.07. The van der Waals surface area contributed by atoms with Crippen LogP contribution in [0.15, 0.2) is 28.8 Å². The summed E-state index contributed by atoms with van der Waals surface area (Å²) in [6, 6.07) is 6.13. The number of nitrogens with zero attached hydrogens (tertiary/aromatic N) is 2.